The van der Waals surface area contributed by atoms with Gasteiger partial charge in [0.05, 0.1) is 0 Å². The maximum atomic E-state index is 11.5. The van der Waals surface area contributed by atoms with Crippen molar-refractivity contribution < 1.29 is 68.3 Å². The number of aliphatic hydroxyl groups is 3. The summed E-state index contributed by atoms with van der Waals surface area (Å²) in [6.07, 6.45) is 4.00. The Labute approximate surface area is 276 Å². The van der Waals surface area contributed by atoms with Crippen LogP contribution in [0.15, 0.2) is 35.5 Å². The second kappa shape index (κ2) is 16.5. The van der Waals surface area contributed by atoms with Gasteiger partial charge in [0.25, 0.3) is 0 Å². The first kappa shape index (κ1) is 45.9. The van der Waals surface area contributed by atoms with Gasteiger partial charge in [0.1, 0.15) is 17.3 Å². The summed E-state index contributed by atoms with van der Waals surface area (Å²) in [6.45, 7) is 33.3. The Bertz CT molecular complexity index is 801. The third-order valence-corrected chi connectivity index (χ3v) is 5.33. The molecular weight excluding hydrogens is 651 g/mol. The van der Waals surface area contributed by atoms with Crippen LogP contribution in [-0.2, 0) is 14.4 Å². The topological polar surface area (TPSA) is 112 Å². The summed E-state index contributed by atoms with van der Waals surface area (Å²) in [4.78, 5) is 34.5. The zero-order valence-corrected chi connectivity index (χ0v) is 30.8. The summed E-state index contributed by atoms with van der Waals surface area (Å²) in [7, 11) is 0. The van der Waals surface area contributed by atoms with Gasteiger partial charge in [-0.2, -0.15) is 0 Å². The predicted molar refractivity (Wildman–Crippen MR) is 164 cm³/mol. The molecule has 0 aromatic heterocycles. The zero-order chi connectivity index (χ0) is 32.6. The Kier molecular flexibility index (Phi) is 19.0. The normalized spacial score (nSPS) is 14.1. The van der Waals surface area contributed by atoms with Crippen molar-refractivity contribution >= 4 is 17.3 Å². The van der Waals surface area contributed by atoms with Gasteiger partial charge in [-0.3, -0.25) is 14.4 Å². The van der Waals surface area contributed by atoms with E-state index in [0.29, 0.717) is 0 Å². The molecule has 237 valence electrons. The molecule has 0 rings (SSSR count). The van der Waals surface area contributed by atoms with E-state index in [0.717, 1.165) is 0 Å². The molecule has 7 heteroatoms. The molecule has 0 bridgehead atoms. The largest absolute Gasteiger partial charge is 0.512 e. The number of hydrogen-bond donors (Lipinski definition) is 3. The van der Waals surface area contributed by atoms with Gasteiger partial charge in [-0.15, -0.1) is 0 Å². The fourth-order valence-corrected chi connectivity index (χ4v) is 1.67. The van der Waals surface area contributed by atoms with Crippen LogP contribution in [-0.4, -0.2) is 32.7 Å². The van der Waals surface area contributed by atoms with Crippen LogP contribution in [0.5, 0.6) is 0 Å². The van der Waals surface area contributed by atoms with Crippen molar-refractivity contribution in [3.05, 3.63) is 35.5 Å². The van der Waals surface area contributed by atoms with Crippen LogP contribution in [0.25, 0.3) is 0 Å². The first-order valence-electron chi connectivity index (χ1n) is 13.5. The van der Waals surface area contributed by atoms with Crippen molar-refractivity contribution in [1.82, 2.24) is 0 Å². The van der Waals surface area contributed by atoms with Gasteiger partial charge in [0, 0.05) is 89.3 Å². The van der Waals surface area contributed by atoms with E-state index >= 15 is 0 Å². The van der Waals surface area contributed by atoms with Gasteiger partial charge in [0.15, 0.2) is 17.3 Å². The van der Waals surface area contributed by atoms with Gasteiger partial charge in [0.2, 0.25) is 0 Å². The first-order chi connectivity index (χ1) is 16.6. The minimum Gasteiger partial charge on any atom is -0.512 e. The minimum absolute atomic E-state index is 0. The third-order valence-electron chi connectivity index (χ3n) is 5.33. The maximum absolute atomic E-state index is 11.5. The van der Waals surface area contributed by atoms with Crippen LogP contribution < -0.4 is 0 Å². The molecule has 0 spiro atoms. The van der Waals surface area contributed by atoms with E-state index in [1.165, 1.54) is 18.2 Å². The summed E-state index contributed by atoms with van der Waals surface area (Å²) in [5, 5.41) is 28.7. The second-order valence-electron chi connectivity index (χ2n) is 16.2. The van der Waals surface area contributed by atoms with Crippen molar-refractivity contribution in [2.45, 2.75) is 125 Å². The summed E-state index contributed by atoms with van der Waals surface area (Å²) < 4.78 is 0. The summed E-state index contributed by atoms with van der Waals surface area (Å²) in [5.41, 5.74) is -2.29. The third kappa shape index (κ3) is 21.6. The van der Waals surface area contributed by atoms with Gasteiger partial charge >= 0.3 is 0 Å². The van der Waals surface area contributed by atoms with E-state index in [2.05, 4.69) is 0 Å². The number of carbonyl (C=O) groups is 3. The quantitative estimate of drug-likeness (QED) is 0.199. The SMILES string of the molecule is CC(C)(C)C(=O)/C=C(/O)C(C)(C)C.CC(C)(C)C(=O)/C=C(/O)C(C)(C)C.CC(C)(C)C(=O)/C=C(\O)C(C)(C)C.[Tb]. The van der Waals surface area contributed by atoms with E-state index in [4.69, 9.17) is 0 Å². The molecule has 0 aromatic rings. The number of allylic oxidation sites excluding steroid dienone is 6. The second-order valence-corrected chi connectivity index (χ2v) is 16.2. The van der Waals surface area contributed by atoms with Crippen LogP contribution in [0, 0.1) is 71.1 Å². The summed E-state index contributed by atoms with van der Waals surface area (Å²) in [5.74, 6) is 0.312. The molecule has 0 atom stereocenters. The van der Waals surface area contributed by atoms with E-state index in [-0.39, 0.29) is 89.5 Å². The molecular formula is C33H60O6Tb. The Balaban J connectivity index is -0.000000240. The minimum atomic E-state index is -0.417. The molecule has 0 aliphatic rings. The molecule has 0 fully saturated rings. The molecule has 0 saturated heterocycles. The molecule has 0 amide bonds. The van der Waals surface area contributed by atoms with Crippen molar-refractivity contribution in [3.63, 3.8) is 0 Å². The monoisotopic (exact) mass is 711 g/mol. The molecule has 0 heterocycles. The Morgan fingerprint density at radius 3 is 0.550 bits per heavy atom. The van der Waals surface area contributed by atoms with Crippen LogP contribution in [0.4, 0.5) is 0 Å². The molecule has 3 N–H and O–H groups in total. The average Bonchev–Trinajstić information content (AvgIpc) is 2.64. The average molecular weight is 712 g/mol. The van der Waals surface area contributed by atoms with Crippen LogP contribution >= 0.6 is 0 Å². The Hall–Kier alpha value is -1.08. The van der Waals surface area contributed by atoms with Crippen molar-refractivity contribution in [1.29, 1.82) is 0 Å². The van der Waals surface area contributed by atoms with Crippen LogP contribution in [0.1, 0.15) is 125 Å². The van der Waals surface area contributed by atoms with Crippen molar-refractivity contribution in [2.75, 3.05) is 0 Å². The standard InChI is InChI=1S/3C11H20O2.Tb/c3*1-10(2,3)8(12)7-9(13)11(4,5)6;/h3*7,12H,1-6H3;/b2*8-7+;8-7-;. The van der Waals surface area contributed by atoms with E-state index in [9.17, 15) is 29.7 Å². The molecule has 0 saturated carbocycles. The van der Waals surface area contributed by atoms with Gasteiger partial charge in [-0.05, 0) is 0 Å². The van der Waals surface area contributed by atoms with E-state index in [1.807, 2.05) is 125 Å². The number of aliphatic hydroxyl groups excluding tert-OH is 3. The molecule has 40 heavy (non-hydrogen) atoms. The molecule has 0 aromatic carbocycles. The van der Waals surface area contributed by atoms with Crippen molar-refractivity contribution in [2.24, 2.45) is 32.5 Å². The predicted octanol–water partition coefficient (Wildman–Crippen LogP) is 9.27. The van der Waals surface area contributed by atoms with Gasteiger partial charge in [-0.25, -0.2) is 0 Å². The zero-order valence-electron chi connectivity index (χ0n) is 28.6. The van der Waals surface area contributed by atoms with E-state index < -0.39 is 16.2 Å². The number of rotatable bonds is 3. The summed E-state index contributed by atoms with van der Waals surface area (Å²) >= 11 is 0. The number of ketones is 3. The van der Waals surface area contributed by atoms with Gasteiger partial charge < -0.3 is 15.3 Å². The summed E-state index contributed by atoms with van der Waals surface area (Å²) in [6, 6.07) is 0. The molecule has 0 aliphatic carbocycles. The Morgan fingerprint density at radius 1 is 0.350 bits per heavy atom. The van der Waals surface area contributed by atoms with E-state index in [1.54, 1.807) is 0 Å². The number of hydrogen-bond acceptors (Lipinski definition) is 6. The van der Waals surface area contributed by atoms with Crippen molar-refractivity contribution in [3.8, 4) is 0 Å². The Morgan fingerprint density at radius 2 is 0.475 bits per heavy atom. The first-order valence-corrected chi connectivity index (χ1v) is 13.5. The van der Waals surface area contributed by atoms with Crippen LogP contribution in [0.3, 0.4) is 0 Å². The number of carbonyl (C=O) groups excluding carboxylic acids is 3. The maximum Gasteiger partial charge on any atom is 0.164 e. The smallest absolute Gasteiger partial charge is 0.164 e. The fourth-order valence-electron chi connectivity index (χ4n) is 1.67. The molecule has 0 unspecified atom stereocenters. The molecule has 1 radical (unpaired) electrons. The van der Waals surface area contributed by atoms with Crippen LogP contribution in [0.2, 0.25) is 0 Å². The fraction of sp³-hybridized carbons (Fsp3) is 0.727. The molecule has 0 aliphatic heterocycles. The van der Waals surface area contributed by atoms with Gasteiger partial charge in [-0.1, -0.05) is 125 Å². The molecule has 6 nitrogen and oxygen atoms in total.